The van der Waals surface area contributed by atoms with Crippen LogP contribution in [0.4, 0.5) is 5.69 Å². The van der Waals surface area contributed by atoms with Crippen LogP contribution in [0.25, 0.3) is 0 Å². The Labute approximate surface area is 109 Å². The highest BCUT2D eigenvalue weighted by molar-refractivity contribution is 5.47. The first kappa shape index (κ1) is 12.0. The van der Waals surface area contributed by atoms with E-state index in [2.05, 4.69) is 16.0 Å². The molecule has 0 radical (unpaired) electrons. The first-order chi connectivity index (χ1) is 8.75. The molecule has 98 valence electrons. The molecule has 3 atom stereocenters. The van der Waals surface area contributed by atoms with Crippen molar-refractivity contribution in [3.8, 4) is 0 Å². The molecule has 1 saturated heterocycles. The summed E-state index contributed by atoms with van der Waals surface area (Å²) in [5.41, 5.74) is 2.00. The smallest absolute Gasteiger partial charge is 0.0931 e. The Kier molecular flexibility index (Phi) is 3.25. The van der Waals surface area contributed by atoms with Crippen molar-refractivity contribution in [3.63, 3.8) is 0 Å². The van der Waals surface area contributed by atoms with E-state index in [1.54, 1.807) is 6.92 Å². The second-order valence-corrected chi connectivity index (χ2v) is 5.71. The van der Waals surface area contributed by atoms with Crippen molar-refractivity contribution >= 4 is 5.69 Å². The van der Waals surface area contributed by atoms with Crippen LogP contribution in [0.5, 0.6) is 0 Å². The molecule has 3 unspecified atom stereocenters. The molecule has 3 rings (SSSR count). The van der Waals surface area contributed by atoms with Crippen molar-refractivity contribution in [1.29, 1.82) is 0 Å². The van der Waals surface area contributed by atoms with E-state index < -0.39 is 6.10 Å². The average molecular weight is 246 g/mol. The molecular weight excluding hydrogens is 224 g/mol. The van der Waals surface area contributed by atoms with E-state index in [9.17, 15) is 5.11 Å². The summed E-state index contributed by atoms with van der Waals surface area (Å²) >= 11 is 0. The largest absolute Gasteiger partial charge is 0.387 e. The third-order valence-corrected chi connectivity index (χ3v) is 4.52. The second-order valence-electron chi connectivity index (χ2n) is 5.71. The number of rotatable bonds is 2. The third kappa shape index (κ3) is 2.12. The van der Waals surface area contributed by atoms with Crippen LogP contribution in [0.15, 0.2) is 18.3 Å². The molecule has 0 bridgehead atoms. The maximum absolute atomic E-state index is 9.50. The Bertz CT molecular complexity index is 401. The van der Waals surface area contributed by atoms with Crippen molar-refractivity contribution < 1.29 is 5.11 Å². The van der Waals surface area contributed by atoms with Crippen LogP contribution in [0.2, 0.25) is 0 Å². The first-order valence-electron chi connectivity index (χ1n) is 7.16. The molecule has 2 heterocycles. The molecule has 0 spiro atoms. The van der Waals surface area contributed by atoms with Crippen LogP contribution in [0.1, 0.15) is 50.8 Å². The van der Waals surface area contributed by atoms with E-state index in [1.165, 1.54) is 37.8 Å². The quantitative estimate of drug-likeness (QED) is 0.871. The zero-order valence-corrected chi connectivity index (χ0v) is 11.0. The molecule has 1 saturated carbocycles. The van der Waals surface area contributed by atoms with Crippen molar-refractivity contribution in [1.82, 2.24) is 4.98 Å². The SMILES string of the molecule is CC(O)c1ccc(N2CCCC3CCCC32)cn1. The van der Waals surface area contributed by atoms with E-state index >= 15 is 0 Å². The maximum Gasteiger partial charge on any atom is 0.0931 e. The van der Waals surface area contributed by atoms with Gasteiger partial charge in [0, 0.05) is 12.6 Å². The highest BCUT2D eigenvalue weighted by Gasteiger charge is 2.35. The highest BCUT2D eigenvalue weighted by Crippen LogP contribution is 2.38. The van der Waals surface area contributed by atoms with Gasteiger partial charge in [0.05, 0.1) is 23.7 Å². The van der Waals surface area contributed by atoms with Gasteiger partial charge < -0.3 is 10.0 Å². The Morgan fingerprint density at radius 2 is 2.11 bits per heavy atom. The predicted octanol–water partition coefficient (Wildman–Crippen LogP) is 2.90. The van der Waals surface area contributed by atoms with Crippen molar-refractivity contribution in [3.05, 3.63) is 24.0 Å². The first-order valence-corrected chi connectivity index (χ1v) is 7.16. The number of aliphatic hydroxyl groups is 1. The lowest BCUT2D eigenvalue weighted by atomic mass is 9.91. The lowest BCUT2D eigenvalue weighted by molar-refractivity contribution is 0.194. The Balaban J connectivity index is 1.80. The lowest BCUT2D eigenvalue weighted by Crippen LogP contribution is -2.42. The van der Waals surface area contributed by atoms with E-state index in [4.69, 9.17) is 0 Å². The molecule has 0 aromatic carbocycles. The summed E-state index contributed by atoms with van der Waals surface area (Å²) in [5, 5.41) is 9.50. The molecule has 2 aliphatic rings. The molecule has 0 amide bonds. The number of hydrogen-bond acceptors (Lipinski definition) is 3. The topological polar surface area (TPSA) is 36.4 Å². The number of aromatic nitrogens is 1. The van der Waals surface area contributed by atoms with E-state index in [-0.39, 0.29) is 0 Å². The molecule has 1 aliphatic heterocycles. The summed E-state index contributed by atoms with van der Waals surface area (Å²) in [5.74, 6) is 0.898. The number of hydrogen-bond donors (Lipinski definition) is 1. The summed E-state index contributed by atoms with van der Waals surface area (Å²) < 4.78 is 0. The van der Waals surface area contributed by atoms with Gasteiger partial charge in [0.25, 0.3) is 0 Å². The minimum absolute atomic E-state index is 0.473. The number of fused-ring (bicyclic) bond motifs is 1. The predicted molar refractivity (Wildman–Crippen MR) is 72.6 cm³/mol. The number of anilines is 1. The molecule has 1 aromatic rings. The van der Waals surface area contributed by atoms with Crippen LogP contribution >= 0.6 is 0 Å². The minimum Gasteiger partial charge on any atom is -0.387 e. The van der Waals surface area contributed by atoms with Crippen molar-refractivity contribution in [2.24, 2.45) is 5.92 Å². The summed E-state index contributed by atoms with van der Waals surface area (Å²) in [7, 11) is 0. The normalized spacial score (nSPS) is 29.1. The van der Waals surface area contributed by atoms with Crippen molar-refractivity contribution in [2.45, 2.75) is 51.2 Å². The van der Waals surface area contributed by atoms with Gasteiger partial charge in [-0.15, -0.1) is 0 Å². The van der Waals surface area contributed by atoms with Gasteiger partial charge in [-0.2, -0.15) is 0 Å². The van der Waals surface area contributed by atoms with Gasteiger partial charge in [0.15, 0.2) is 0 Å². The third-order valence-electron chi connectivity index (χ3n) is 4.52. The van der Waals surface area contributed by atoms with Gasteiger partial charge in [-0.05, 0) is 50.7 Å². The van der Waals surface area contributed by atoms with Gasteiger partial charge in [-0.1, -0.05) is 6.42 Å². The summed E-state index contributed by atoms with van der Waals surface area (Å²) in [6.45, 7) is 2.92. The summed E-state index contributed by atoms with van der Waals surface area (Å²) in [6, 6.07) is 4.81. The summed E-state index contributed by atoms with van der Waals surface area (Å²) in [6.07, 6.45) is 8.29. The van der Waals surface area contributed by atoms with E-state index in [0.717, 1.165) is 24.2 Å². The Morgan fingerprint density at radius 3 is 2.83 bits per heavy atom. The fourth-order valence-corrected chi connectivity index (χ4v) is 3.59. The van der Waals surface area contributed by atoms with Crippen LogP contribution in [-0.2, 0) is 0 Å². The van der Waals surface area contributed by atoms with Crippen LogP contribution in [0, 0.1) is 5.92 Å². The second kappa shape index (κ2) is 4.88. The average Bonchev–Trinajstić information content (AvgIpc) is 2.87. The number of piperidine rings is 1. The standard InChI is InChI=1S/C15H22N2O/c1-11(18)14-8-7-13(10-16-14)17-9-3-5-12-4-2-6-15(12)17/h7-8,10-12,15,18H,2-6,9H2,1H3. The highest BCUT2D eigenvalue weighted by atomic mass is 16.3. The molecule has 18 heavy (non-hydrogen) atoms. The Morgan fingerprint density at radius 1 is 1.28 bits per heavy atom. The van der Waals surface area contributed by atoms with Gasteiger partial charge in [0.1, 0.15) is 0 Å². The summed E-state index contributed by atoms with van der Waals surface area (Å²) in [4.78, 5) is 6.92. The van der Waals surface area contributed by atoms with Gasteiger partial charge >= 0.3 is 0 Å². The fourth-order valence-electron chi connectivity index (χ4n) is 3.59. The van der Waals surface area contributed by atoms with Crippen LogP contribution in [0.3, 0.4) is 0 Å². The molecule has 3 heteroatoms. The molecule has 3 nitrogen and oxygen atoms in total. The maximum atomic E-state index is 9.50. The molecule has 1 aliphatic carbocycles. The number of pyridine rings is 1. The zero-order valence-electron chi connectivity index (χ0n) is 11.0. The van der Waals surface area contributed by atoms with Gasteiger partial charge in [-0.25, -0.2) is 0 Å². The molecular formula is C15H22N2O. The number of nitrogens with zero attached hydrogens (tertiary/aromatic N) is 2. The monoisotopic (exact) mass is 246 g/mol. The zero-order chi connectivity index (χ0) is 12.5. The lowest BCUT2D eigenvalue weighted by Gasteiger charge is -2.39. The fraction of sp³-hybridized carbons (Fsp3) is 0.667. The molecule has 2 fully saturated rings. The van der Waals surface area contributed by atoms with Gasteiger partial charge in [0.2, 0.25) is 0 Å². The van der Waals surface area contributed by atoms with Crippen LogP contribution in [-0.4, -0.2) is 22.7 Å². The number of aliphatic hydroxyl groups excluding tert-OH is 1. The Hall–Kier alpha value is -1.09. The van der Waals surface area contributed by atoms with E-state index in [0.29, 0.717) is 0 Å². The van der Waals surface area contributed by atoms with Crippen molar-refractivity contribution in [2.75, 3.05) is 11.4 Å². The molecule has 1 aromatic heterocycles. The molecule has 1 N–H and O–H groups in total. The minimum atomic E-state index is -0.473. The van der Waals surface area contributed by atoms with Gasteiger partial charge in [-0.3, -0.25) is 4.98 Å². The van der Waals surface area contributed by atoms with E-state index in [1.807, 2.05) is 12.3 Å². The van der Waals surface area contributed by atoms with Crippen LogP contribution < -0.4 is 4.90 Å².